The third-order valence-corrected chi connectivity index (χ3v) is 6.44. The molecule has 7 heteroatoms. The van der Waals surface area contributed by atoms with Gasteiger partial charge in [-0.3, -0.25) is 0 Å². The van der Waals surface area contributed by atoms with Gasteiger partial charge in [-0.05, 0) is 61.5 Å². The van der Waals surface area contributed by atoms with Crippen molar-refractivity contribution in [3.8, 4) is 22.3 Å². The quantitative estimate of drug-likeness (QED) is 0.297. The minimum Gasteiger partial charge on any atom is -0.493 e. The number of para-hydroxylation sites is 1. The van der Waals surface area contributed by atoms with Crippen LogP contribution in [0.1, 0.15) is 29.5 Å². The monoisotopic (exact) mass is 477 g/mol. The van der Waals surface area contributed by atoms with E-state index in [4.69, 9.17) is 13.9 Å². The van der Waals surface area contributed by atoms with Gasteiger partial charge in [-0.15, -0.1) is 11.3 Å². The summed E-state index contributed by atoms with van der Waals surface area (Å²) in [5.74, 6) is 1.70. The number of oxazole rings is 1. The highest BCUT2D eigenvalue weighted by Crippen LogP contribution is 2.28. The number of hydrogen-bond acceptors (Lipinski definition) is 6. The molecule has 0 saturated heterocycles. The highest BCUT2D eigenvalue weighted by atomic mass is 32.1. The van der Waals surface area contributed by atoms with E-state index in [2.05, 4.69) is 4.98 Å². The molecule has 0 aliphatic carbocycles. The lowest BCUT2D eigenvalue weighted by molar-refractivity contribution is -0.153. The average Bonchev–Trinajstić information content (AvgIpc) is 3.47. The van der Waals surface area contributed by atoms with E-state index < -0.39 is 11.6 Å². The van der Waals surface area contributed by atoms with Crippen molar-refractivity contribution in [1.82, 2.24) is 4.98 Å². The first kappa shape index (κ1) is 23.6. The van der Waals surface area contributed by atoms with Gasteiger partial charge >= 0.3 is 5.97 Å². The number of ether oxygens (including phenoxy) is 2. The molecule has 2 aromatic carbocycles. The molecular weight excluding hydrogens is 450 g/mol. The Morgan fingerprint density at radius 2 is 1.85 bits per heavy atom. The van der Waals surface area contributed by atoms with Gasteiger partial charge in [-0.25, -0.2) is 9.78 Å². The zero-order chi connectivity index (χ0) is 24.1. The van der Waals surface area contributed by atoms with E-state index in [0.717, 1.165) is 27.5 Å². The molecule has 0 amide bonds. The highest BCUT2D eigenvalue weighted by Gasteiger charge is 2.36. The van der Waals surface area contributed by atoms with E-state index in [9.17, 15) is 9.90 Å². The summed E-state index contributed by atoms with van der Waals surface area (Å²) < 4.78 is 17.6. The fourth-order valence-electron chi connectivity index (χ4n) is 3.59. The molecule has 0 saturated carbocycles. The summed E-state index contributed by atoms with van der Waals surface area (Å²) >= 11 is 1.59. The Balaban J connectivity index is 1.35. The number of carbonyl (C=O) groups is 1. The first-order chi connectivity index (χ1) is 16.3. The van der Waals surface area contributed by atoms with Crippen LogP contribution in [0.4, 0.5) is 0 Å². The lowest BCUT2D eigenvalue weighted by atomic mass is 9.96. The van der Waals surface area contributed by atoms with Gasteiger partial charge in [0.05, 0.1) is 17.2 Å². The second-order valence-electron chi connectivity index (χ2n) is 8.32. The van der Waals surface area contributed by atoms with Crippen molar-refractivity contribution in [2.24, 2.45) is 0 Å². The first-order valence-corrected chi connectivity index (χ1v) is 11.9. The van der Waals surface area contributed by atoms with Crippen LogP contribution in [0.2, 0.25) is 0 Å². The molecular formula is C27H27NO5S. The molecule has 0 bridgehead atoms. The van der Waals surface area contributed by atoms with Gasteiger partial charge in [-0.2, -0.15) is 0 Å². The van der Waals surface area contributed by atoms with E-state index in [0.29, 0.717) is 30.4 Å². The molecule has 1 unspecified atom stereocenters. The van der Waals surface area contributed by atoms with Crippen LogP contribution in [0.3, 0.4) is 0 Å². The van der Waals surface area contributed by atoms with Gasteiger partial charge in [-0.1, -0.05) is 36.4 Å². The second-order valence-corrected chi connectivity index (χ2v) is 9.27. The van der Waals surface area contributed by atoms with Gasteiger partial charge in [0.1, 0.15) is 17.3 Å². The van der Waals surface area contributed by atoms with Crippen LogP contribution in [-0.4, -0.2) is 28.3 Å². The van der Waals surface area contributed by atoms with Crippen LogP contribution in [0.25, 0.3) is 10.8 Å². The van der Waals surface area contributed by atoms with E-state index in [1.807, 2.05) is 73.8 Å². The Labute approximate surface area is 202 Å². The van der Waals surface area contributed by atoms with Crippen molar-refractivity contribution in [2.75, 3.05) is 6.61 Å². The molecule has 1 atom stereocenters. The Hall–Kier alpha value is -3.58. The Morgan fingerprint density at radius 1 is 1.09 bits per heavy atom. The summed E-state index contributed by atoms with van der Waals surface area (Å²) in [6, 6.07) is 18.8. The molecule has 4 aromatic rings. The van der Waals surface area contributed by atoms with Crippen LogP contribution in [-0.2, 0) is 17.6 Å². The minimum absolute atomic E-state index is 0.223. The first-order valence-electron chi connectivity index (χ1n) is 11.0. The van der Waals surface area contributed by atoms with Crippen LogP contribution < -0.4 is 9.47 Å². The molecule has 0 aliphatic heterocycles. The predicted molar refractivity (Wildman–Crippen MR) is 132 cm³/mol. The van der Waals surface area contributed by atoms with Gasteiger partial charge < -0.3 is 19.0 Å². The maximum Gasteiger partial charge on any atom is 0.348 e. The SMILES string of the molecule is Cc1ccccc1OC(C)(Cc1ccc(OCCc2nc(-c3cccs3)oc2C)cc1)C(=O)O. The summed E-state index contributed by atoms with van der Waals surface area (Å²) in [5.41, 5.74) is 1.23. The number of aromatic nitrogens is 1. The molecule has 2 aromatic heterocycles. The minimum atomic E-state index is -1.39. The maximum atomic E-state index is 12.0. The largest absolute Gasteiger partial charge is 0.493 e. The van der Waals surface area contributed by atoms with E-state index >= 15 is 0 Å². The van der Waals surface area contributed by atoms with Crippen molar-refractivity contribution in [2.45, 2.75) is 39.2 Å². The topological polar surface area (TPSA) is 81.8 Å². The fraction of sp³-hybridized carbons (Fsp3) is 0.259. The summed E-state index contributed by atoms with van der Waals surface area (Å²) in [6.45, 7) is 5.86. The van der Waals surface area contributed by atoms with Crippen molar-refractivity contribution in [3.05, 3.63) is 88.6 Å². The molecule has 4 rings (SSSR count). The van der Waals surface area contributed by atoms with Crippen molar-refractivity contribution in [3.63, 3.8) is 0 Å². The third kappa shape index (κ3) is 5.48. The fourth-order valence-corrected chi connectivity index (χ4v) is 4.24. The van der Waals surface area contributed by atoms with Crippen LogP contribution in [0.5, 0.6) is 11.5 Å². The Morgan fingerprint density at radius 3 is 2.53 bits per heavy atom. The summed E-state index contributed by atoms with van der Waals surface area (Å²) in [5, 5.41) is 11.8. The lowest BCUT2D eigenvalue weighted by Crippen LogP contribution is -2.43. The van der Waals surface area contributed by atoms with Crippen molar-refractivity contribution < 1.29 is 23.8 Å². The van der Waals surface area contributed by atoms with E-state index in [1.54, 1.807) is 24.3 Å². The number of thiophene rings is 1. The highest BCUT2D eigenvalue weighted by molar-refractivity contribution is 7.13. The number of aliphatic carboxylic acids is 1. The van der Waals surface area contributed by atoms with E-state index in [1.165, 1.54) is 0 Å². The molecule has 0 aliphatic rings. The van der Waals surface area contributed by atoms with Gasteiger partial charge in [0.15, 0.2) is 0 Å². The molecule has 6 nitrogen and oxygen atoms in total. The number of nitrogens with zero attached hydrogens (tertiary/aromatic N) is 1. The average molecular weight is 478 g/mol. The number of benzene rings is 2. The second kappa shape index (κ2) is 10.1. The van der Waals surface area contributed by atoms with Crippen LogP contribution in [0.15, 0.2) is 70.5 Å². The molecule has 0 fully saturated rings. The molecule has 0 radical (unpaired) electrons. The van der Waals surface area contributed by atoms with Gasteiger partial charge in [0, 0.05) is 12.8 Å². The zero-order valence-electron chi connectivity index (χ0n) is 19.4. The third-order valence-electron chi connectivity index (χ3n) is 5.58. The molecule has 176 valence electrons. The Kier molecular flexibility index (Phi) is 7.03. The number of hydrogen-bond donors (Lipinski definition) is 1. The number of rotatable bonds is 10. The number of carboxylic acid groups (broad SMARTS) is 1. The molecule has 1 N–H and O–H groups in total. The van der Waals surface area contributed by atoms with Gasteiger partial charge in [0.2, 0.25) is 11.5 Å². The maximum absolute atomic E-state index is 12.0. The smallest absolute Gasteiger partial charge is 0.348 e. The van der Waals surface area contributed by atoms with Crippen molar-refractivity contribution >= 4 is 17.3 Å². The number of aryl methyl sites for hydroxylation is 2. The van der Waals surface area contributed by atoms with Crippen LogP contribution in [0, 0.1) is 13.8 Å². The molecule has 2 heterocycles. The predicted octanol–water partition coefficient (Wildman–Crippen LogP) is 6.11. The molecule has 0 spiro atoms. The summed E-state index contributed by atoms with van der Waals surface area (Å²) in [6.07, 6.45) is 0.852. The summed E-state index contributed by atoms with van der Waals surface area (Å²) in [4.78, 5) is 17.6. The standard InChI is InChI=1S/C27H27NO5S/c1-18-7-4-5-8-23(18)33-27(3,26(29)30)17-20-10-12-21(13-11-20)31-15-14-22-19(2)32-25(28-22)24-9-6-16-34-24/h4-13,16H,14-15,17H2,1-3H3,(H,29,30). The summed E-state index contributed by atoms with van der Waals surface area (Å²) in [7, 11) is 0. The lowest BCUT2D eigenvalue weighted by Gasteiger charge is -2.27. The van der Waals surface area contributed by atoms with E-state index in [-0.39, 0.29) is 6.42 Å². The molecule has 34 heavy (non-hydrogen) atoms. The normalized spacial score (nSPS) is 12.8. The zero-order valence-corrected chi connectivity index (χ0v) is 20.2. The van der Waals surface area contributed by atoms with Crippen molar-refractivity contribution in [1.29, 1.82) is 0 Å². The number of carboxylic acids is 1. The van der Waals surface area contributed by atoms with Crippen LogP contribution >= 0.6 is 11.3 Å². The van der Waals surface area contributed by atoms with Gasteiger partial charge in [0.25, 0.3) is 0 Å². The Bertz CT molecular complexity index is 1250.